The lowest BCUT2D eigenvalue weighted by atomic mass is 10.1. The fraction of sp³-hybridized carbons (Fsp3) is 0.350. The summed E-state index contributed by atoms with van der Waals surface area (Å²) in [7, 11) is 0. The number of benzene rings is 2. The summed E-state index contributed by atoms with van der Waals surface area (Å²) in [5.41, 5.74) is 2.34. The van der Waals surface area contributed by atoms with Gasteiger partial charge in [0.2, 0.25) is 0 Å². The molecule has 1 amide bonds. The van der Waals surface area contributed by atoms with Crippen LogP contribution < -0.4 is 10.1 Å². The number of halogens is 1. The monoisotopic (exact) mass is 377 g/mol. The quantitative estimate of drug-likeness (QED) is 0.634. The van der Waals surface area contributed by atoms with Crippen LogP contribution in [0.4, 0.5) is 4.79 Å². The summed E-state index contributed by atoms with van der Waals surface area (Å²) < 4.78 is 15.6. The minimum atomic E-state index is -0.488. The lowest BCUT2D eigenvalue weighted by molar-refractivity contribution is 0.0784. The Labute approximate surface area is 159 Å². The van der Waals surface area contributed by atoms with E-state index in [9.17, 15) is 4.79 Å². The SMILES string of the molecule is CCOCCOC(=O)NCCOc1ccc(Cc2ccccc2)cc1Cl. The Morgan fingerprint density at radius 1 is 1.04 bits per heavy atom. The van der Waals surface area contributed by atoms with E-state index in [4.69, 9.17) is 25.8 Å². The standard InChI is InChI=1S/C20H24ClNO4/c1-2-24-12-13-26-20(23)22-10-11-25-19-9-8-17(15-18(19)21)14-16-6-4-3-5-7-16/h3-9,15H,2,10-14H2,1H3,(H,22,23). The second-order valence-electron chi connectivity index (χ2n) is 5.54. The molecule has 2 aromatic rings. The third kappa shape index (κ3) is 7.33. The molecule has 0 aliphatic carbocycles. The summed E-state index contributed by atoms with van der Waals surface area (Å²) in [6.07, 6.45) is 0.327. The Hall–Kier alpha value is -2.24. The minimum Gasteiger partial charge on any atom is -0.490 e. The molecule has 0 aliphatic heterocycles. The second kappa shape index (κ2) is 11.4. The molecular formula is C20H24ClNO4. The van der Waals surface area contributed by atoms with Gasteiger partial charge in [0.15, 0.2) is 0 Å². The average Bonchev–Trinajstić information content (AvgIpc) is 2.65. The Morgan fingerprint density at radius 3 is 2.58 bits per heavy atom. The Balaban J connectivity index is 1.70. The van der Waals surface area contributed by atoms with Crippen molar-refractivity contribution in [3.05, 3.63) is 64.7 Å². The van der Waals surface area contributed by atoms with Gasteiger partial charge < -0.3 is 19.5 Å². The first kappa shape index (κ1) is 20.1. The highest BCUT2D eigenvalue weighted by Crippen LogP contribution is 2.26. The maximum atomic E-state index is 11.4. The Kier molecular flexibility index (Phi) is 8.79. The molecular weight excluding hydrogens is 354 g/mol. The van der Waals surface area contributed by atoms with E-state index in [0.29, 0.717) is 37.1 Å². The zero-order chi connectivity index (χ0) is 18.6. The molecule has 1 N–H and O–H groups in total. The van der Waals surface area contributed by atoms with E-state index < -0.39 is 6.09 Å². The second-order valence-corrected chi connectivity index (χ2v) is 5.94. The van der Waals surface area contributed by atoms with E-state index in [2.05, 4.69) is 17.4 Å². The number of hydrogen-bond donors (Lipinski definition) is 1. The normalized spacial score (nSPS) is 10.4. The van der Waals surface area contributed by atoms with Crippen LogP contribution in [0.15, 0.2) is 48.5 Å². The molecule has 0 spiro atoms. The molecule has 0 saturated heterocycles. The number of ether oxygens (including phenoxy) is 3. The first-order chi connectivity index (χ1) is 12.7. The highest BCUT2D eigenvalue weighted by molar-refractivity contribution is 6.32. The molecule has 0 heterocycles. The molecule has 2 rings (SSSR count). The van der Waals surface area contributed by atoms with Crippen LogP contribution in [-0.4, -0.2) is 39.1 Å². The molecule has 0 aliphatic rings. The van der Waals surface area contributed by atoms with E-state index >= 15 is 0 Å². The number of hydrogen-bond acceptors (Lipinski definition) is 4. The van der Waals surface area contributed by atoms with Crippen molar-refractivity contribution in [2.45, 2.75) is 13.3 Å². The largest absolute Gasteiger partial charge is 0.490 e. The lowest BCUT2D eigenvalue weighted by Crippen LogP contribution is -2.29. The van der Waals surface area contributed by atoms with Crippen molar-refractivity contribution in [3.8, 4) is 5.75 Å². The topological polar surface area (TPSA) is 56.8 Å². The summed E-state index contributed by atoms with van der Waals surface area (Å²) in [5, 5.41) is 3.16. The molecule has 0 radical (unpaired) electrons. The third-order valence-corrected chi connectivity index (χ3v) is 3.84. The highest BCUT2D eigenvalue weighted by Gasteiger charge is 2.05. The summed E-state index contributed by atoms with van der Waals surface area (Å²) in [6.45, 7) is 3.74. The van der Waals surface area contributed by atoms with Crippen molar-refractivity contribution < 1.29 is 19.0 Å². The van der Waals surface area contributed by atoms with Gasteiger partial charge in [-0.05, 0) is 36.6 Å². The van der Waals surface area contributed by atoms with Crippen molar-refractivity contribution in [3.63, 3.8) is 0 Å². The van der Waals surface area contributed by atoms with Gasteiger partial charge in [0, 0.05) is 6.61 Å². The summed E-state index contributed by atoms with van der Waals surface area (Å²) in [6, 6.07) is 15.9. The molecule has 5 nitrogen and oxygen atoms in total. The van der Waals surface area contributed by atoms with Crippen LogP contribution in [0.5, 0.6) is 5.75 Å². The van der Waals surface area contributed by atoms with Gasteiger partial charge in [-0.25, -0.2) is 4.79 Å². The highest BCUT2D eigenvalue weighted by atomic mass is 35.5. The van der Waals surface area contributed by atoms with Gasteiger partial charge in [-0.1, -0.05) is 48.0 Å². The molecule has 2 aromatic carbocycles. The van der Waals surface area contributed by atoms with Gasteiger partial charge in [-0.3, -0.25) is 0 Å². The number of nitrogens with one attached hydrogen (secondary N) is 1. The number of carbonyl (C=O) groups is 1. The zero-order valence-electron chi connectivity index (χ0n) is 14.9. The van der Waals surface area contributed by atoms with Gasteiger partial charge in [0.25, 0.3) is 0 Å². The van der Waals surface area contributed by atoms with Crippen LogP contribution in [0.1, 0.15) is 18.1 Å². The minimum absolute atomic E-state index is 0.231. The van der Waals surface area contributed by atoms with Crippen LogP contribution in [-0.2, 0) is 15.9 Å². The van der Waals surface area contributed by atoms with Crippen molar-refractivity contribution in [1.82, 2.24) is 5.32 Å². The smallest absolute Gasteiger partial charge is 0.407 e. The molecule has 140 valence electrons. The number of rotatable bonds is 10. The number of alkyl carbamates (subject to hydrolysis) is 1. The molecule has 0 bridgehead atoms. The van der Waals surface area contributed by atoms with Crippen LogP contribution in [0.2, 0.25) is 5.02 Å². The fourth-order valence-corrected chi connectivity index (χ4v) is 2.56. The van der Waals surface area contributed by atoms with Gasteiger partial charge >= 0.3 is 6.09 Å². The van der Waals surface area contributed by atoms with E-state index in [0.717, 1.165) is 12.0 Å². The maximum Gasteiger partial charge on any atom is 0.407 e. The van der Waals surface area contributed by atoms with E-state index in [1.165, 1.54) is 5.56 Å². The molecule has 0 fully saturated rings. The van der Waals surface area contributed by atoms with Crippen LogP contribution in [0.3, 0.4) is 0 Å². The average molecular weight is 378 g/mol. The predicted molar refractivity (Wildman–Crippen MR) is 102 cm³/mol. The number of carbonyl (C=O) groups excluding carboxylic acids is 1. The van der Waals surface area contributed by atoms with Crippen molar-refractivity contribution in [2.24, 2.45) is 0 Å². The van der Waals surface area contributed by atoms with Crippen molar-refractivity contribution >= 4 is 17.7 Å². The first-order valence-corrected chi connectivity index (χ1v) is 9.00. The van der Waals surface area contributed by atoms with Crippen LogP contribution >= 0.6 is 11.6 Å². The lowest BCUT2D eigenvalue weighted by Gasteiger charge is -2.11. The van der Waals surface area contributed by atoms with Gasteiger partial charge in [0.05, 0.1) is 18.2 Å². The third-order valence-electron chi connectivity index (χ3n) is 3.54. The van der Waals surface area contributed by atoms with Crippen molar-refractivity contribution in [1.29, 1.82) is 0 Å². The van der Waals surface area contributed by atoms with E-state index in [1.807, 2.05) is 43.3 Å². The molecule has 0 unspecified atom stereocenters. The molecule has 6 heteroatoms. The first-order valence-electron chi connectivity index (χ1n) is 8.62. The fourth-order valence-electron chi connectivity index (χ4n) is 2.31. The van der Waals surface area contributed by atoms with Gasteiger partial charge in [-0.2, -0.15) is 0 Å². The van der Waals surface area contributed by atoms with Crippen molar-refractivity contribution in [2.75, 3.05) is 33.0 Å². The van der Waals surface area contributed by atoms with Gasteiger partial charge in [0.1, 0.15) is 19.0 Å². The van der Waals surface area contributed by atoms with Crippen LogP contribution in [0.25, 0.3) is 0 Å². The Bertz CT molecular complexity index is 679. The summed E-state index contributed by atoms with van der Waals surface area (Å²) in [4.78, 5) is 11.4. The molecule has 0 saturated carbocycles. The maximum absolute atomic E-state index is 11.4. The number of amides is 1. The summed E-state index contributed by atoms with van der Waals surface area (Å²) >= 11 is 6.28. The summed E-state index contributed by atoms with van der Waals surface area (Å²) in [5.74, 6) is 0.593. The zero-order valence-corrected chi connectivity index (χ0v) is 15.6. The van der Waals surface area contributed by atoms with E-state index in [1.54, 1.807) is 0 Å². The van der Waals surface area contributed by atoms with E-state index in [-0.39, 0.29) is 6.61 Å². The molecule has 0 aromatic heterocycles. The molecule has 0 atom stereocenters. The predicted octanol–water partition coefficient (Wildman–Crippen LogP) is 4.07. The Morgan fingerprint density at radius 2 is 1.85 bits per heavy atom. The van der Waals surface area contributed by atoms with Crippen LogP contribution in [0, 0.1) is 0 Å². The molecule has 26 heavy (non-hydrogen) atoms. The van der Waals surface area contributed by atoms with Gasteiger partial charge in [-0.15, -0.1) is 0 Å².